The molecule has 4 aromatic carbocycles. The fraction of sp³-hybridized carbons (Fsp3) is 0.270. The SMILES string of the molecule is C=C(C)C(=O)NCCC[N+](CC)(CC)CC.c1ccc([B-](c2ccccc2)(c2ccccc2)c2ccccc2)cc1. The Morgan fingerprint density at radius 2 is 0.951 bits per heavy atom. The van der Waals surface area contributed by atoms with Gasteiger partial charge in [-0.3, -0.25) is 4.79 Å². The molecular formula is C37H47BN2O. The highest BCUT2D eigenvalue weighted by molar-refractivity contribution is 7.19. The molecule has 0 radical (unpaired) electrons. The Hall–Kier alpha value is -3.89. The third-order valence-electron chi connectivity index (χ3n) is 8.69. The summed E-state index contributed by atoms with van der Waals surface area (Å²) >= 11 is 0. The molecule has 1 N–H and O–H groups in total. The molecule has 0 atom stereocenters. The number of benzene rings is 4. The van der Waals surface area contributed by atoms with Crippen LogP contribution < -0.4 is 27.2 Å². The maximum absolute atomic E-state index is 11.3. The number of quaternary nitrogens is 1. The van der Waals surface area contributed by atoms with Crippen LogP contribution >= 0.6 is 0 Å². The Balaban J connectivity index is 0.000000253. The average molecular weight is 547 g/mol. The smallest absolute Gasteiger partial charge is 0.246 e. The standard InChI is InChI=1S/C24H20B.C13H26N2O/c1-5-13-21(14-6-1)25(22-15-7-2-8-16-22,23-17-9-3-10-18-23)24-19-11-4-12-20-24;1-6-15(7-2,8-3)11-9-10-14-13(16)12(4)5/h1-20H;4,6-11H2,1-3,5H3/q-1;/p+1. The van der Waals surface area contributed by atoms with Crippen LogP contribution in [-0.2, 0) is 4.79 Å². The molecule has 0 saturated heterocycles. The summed E-state index contributed by atoms with van der Waals surface area (Å²) in [7, 11) is 0. The lowest BCUT2D eigenvalue weighted by molar-refractivity contribution is -0.923. The van der Waals surface area contributed by atoms with Crippen LogP contribution in [0.15, 0.2) is 133 Å². The number of hydrogen-bond acceptors (Lipinski definition) is 1. The largest absolute Gasteiger partial charge is 0.352 e. The molecule has 3 nitrogen and oxygen atoms in total. The van der Waals surface area contributed by atoms with Gasteiger partial charge in [0.15, 0.2) is 0 Å². The normalized spacial score (nSPS) is 11.2. The highest BCUT2D eigenvalue weighted by Gasteiger charge is 2.31. The molecule has 0 unspecified atom stereocenters. The van der Waals surface area contributed by atoms with E-state index in [0.717, 1.165) is 24.0 Å². The van der Waals surface area contributed by atoms with Gasteiger partial charge in [-0.2, -0.15) is 21.9 Å². The second kappa shape index (κ2) is 15.8. The van der Waals surface area contributed by atoms with Gasteiger partial charge < -0.3 is 9.80 Å². The van der Waals surface area contributed by atoms with Crippen molar-refractivity contribution in [1.82, 2.24) is 5.32 Å². The molecule has 0 aromatic heterocycles. The van der Waals surface area contributed by atoms with Crippen LogP contribution in [0.2, 0.25) is 0 Å². The summed E-state index contributed by atoms with van der Waals surface area (Å²) in [6, 6.07) is 43.5. The van der Waals surface area contributed by atoms with Crippen LogP contribution in [0.5, 0.6) is 0 Å². The van der Waals surface area contributed by atoms with Crippen molar-refractivity contribution in [2.75, 3.05) is 32.7 Å². The number of nitrogens with one attached hydrogen (secondary N) is 1. The third-order valence-corrected chi connectivity index (χ3v) is 8.69. The lowest BCUT2D eigenvalue weighted by atomic mass is 9.13. The molecule has 4 aromatic rings. The van der Waals surface area contributed by atoms with E-state index < -0.39 is 6.15 Å². The van der Waals surface area contributed by atoms with Gasteiger partial charge in [-0.25, -0.2) is 0 Å². The first-order chi connectivity index (χ1) is 19.9. The second-order valence-corrected chi connectivity index (χ2v) is 10.9. The molecule has 0 heterocycles. The minimum atomic E-state index is -1.22. The Labute approximate surface area is 248 Å². The van der Waals surface area contributed by atoms with Crippen LogP contribution in [0.25, 0.3) is 0 Å². The first-order valence-electron chi connectivity index (χ1n) is 15.1. The molecular weight excluding hydrogens is 499 g/mol. The topological polar surface area (TPSA) is 29.1 Å². The van der Waals surface area contributed by atoms with E-state index in [-0.39, 0.29) is 5.91 Å². The summed E-state index contributed by atoms with van der Waals surface area (Å²) in [6.07, 6.45) is -0.179. The second-order valence-electron chi connectivity index (χ2n) is 10.9. The molecule has 0 spiro atoms. The minimum Gasteiger partial charge on any atom is -0.352 e. The Morgan fingerprint density at radius 3 is 1.22 bits per heavy atom. The van der Waals surface area contributed by atoms with Crippen molar-refractivity contribution in [2.45, 2.75) is 34.1 Å². The van der Waals surface area contributed by atoms with Gasteiger partial charge in [0.1, 0.15) is 6.15 Å². The molecule has 214 valence electrons. The van der Waals surface area contributed by atoms with Crippen molar-refractivity contribution in [1.29, 1.82) is 0 Å². The molecule has 4 rings (SSSR count). The minimum absolute atomic E-state index is 0.0254. The van der Waals surface area contributed by atoms with Crippen LogP contribution in [-0.4, -0.2) is 49.3 Å². The fourth-order valence-electron chi connectivity index (χ4n) is 6.03. The Kier molecular flexibility index (Phi) is 12.2. The van der Waals surface area contributed by atoms with Gasteiger partial charge in [0.2, 0.25) is 5.91 Å². The summed E-state index contributed by atoms with van der Waals surface area (Å²) in [5.41, 5.74) is 5.94. The van der Waals surface area contributed by atoms with E-state index in [1.165, 1.54) is 41.5 Å². The van der Waals surface area contributed by atoms with E-state index in [9.17, 15) is 4.79 Å². The lowest BCUT2D eigenvalue weighted by Gasteiger charge is -2.44. The van der Waals surface area contributed by atoms with E-state index in [4.69, 9.17) is 0 Å². The summed E-state index contributed by atoms with van der Waals surface area (Å²) in [5.74, 6) is -0.0254. The summed E-state index contributed by atoms with van der Waals surface area (Å²) < 4.78 is 1.14. The zero-order chi connectivity index (χ0) is 29.6. The summed E-state index contributed by atoms with van der Waals surface area (Å²) in [6.45, 7) is 17.5. The van der Waals surface area contributed by atoms with E-state index in [0.29, 0.717) is 5.57 Å². The Bertz CT molecular complexity index is 1150. The predicted octanol–water partition coefficient (Wildman–Crippen LogP) is 5.01. The maximum Gasteiger partial charge on any atom is 0.246 e. The van der Waals surface area contributed by atoms with Gasteiger partial charge >= 0.3 is 0 Å². The number of nitrogens with zero attached hydrogens (tertiary/aromatic N) is 1. The summed E-state index contributed by atoms with van der Waals surface area (Å²) in [4.78, 5) is 11.3. The monoisotopic (exact) mass is 546 g/mol. The molecule has 1 amide bonds. The zero-order valence-electron chi connectivity index (χ0n) is 25.4. The van der Waals surface area contributed by atoms with Crippen LogP contribution in [0, 0.1) is 0 Å². The molecule has 4 heteroatoms. The lowest BCUT2D eigenvalue weighted by Crippen LogP contribution is -2.74. The van der Waals surface area contributed by atoms with E-state index in [1.807, 2.05) is 0 Å². The maximum atomic E-state index is 11.3. The van der Waals surface area contributed by atoms with Crippen LogP contribution in [0.4, 0.5) is 0 Å². The van der Waals surface area contributed by atoms with E-state index in [1.54, 1.807) is 6.92 Å². The molecule has 0 aliphatic heterocycles. The van der Waals surface area contributed by atoms with Gasteiger partial charge in [0.05, 0.1) is 26.2 Å². The highest BCUT2D eigenvalue weighted by Crippen LogP contribution is 2.09. The molecule has 41 heavy (non-hydrogen) atoms. The number of hydrogen-bond donors (Lipinski definition) is 1. The highest BCUT2D eigenvalue weighted by atomic mass is 16.1. The molecule has 0 fully saturated rings. The van der Waals surface area contributed by atoms with Crippen molar-refractivity contribution in [3.8, 4) is 0 Å². The van der Waals surface area contributed by atoms with Crippen LogP contribution in [0.1, 0.15) is 34.1 Å². The third kappa shape index (κ3) is 7.86. The van der Waals surface area contributed by atoms with E-state index in [2.05, 4.69) is 154 Å². The first kappa shape index (κ1) is 31.6. The number of carbonyl (C=O) groups excluding carboxylic acids is 1. The van der Waals surface area contributed by atoms with Crippen molar-refractivity contribution in [2.24, 2.45) is 0 Å². The molecule has 0 saturated carbocycles. The first-order valence-corrected chi connectivity index (χ1v) is 15.1. The zero-order valence-corrected chi connectivity index (χ0v) is 25.4. The van der Waals surface area contributed by atoms with Crippen molar-refractivity contribution >= 4 is 33.9 Å². The van der Waals surface area contributed by atoms with E-state index >= 15 is 0 Å². The van der Waals surface area contributed by atoms with Crippen LogP contribution in [0.3, 0.4) is 0 Å². The van der Waals surface area contributed by atoms with Gasteiger partial charge in [-0.05, 0) is 27.7 Å². The number of rotatable bonds is 12. The number of amides is 1. The van der Waals surface area contributed by atoms with Gasteiger partial charge in [-0.15, -0.1) is 0 Å². The fourth-order valence-corrected chi connectivity index (χ4v) is 6.03. The summed E-state index contributed by atoms with van der Waals surface area (Å²) in [5, 5.41) is 2.88. The molecule has 0 bridgehead atoms. The predicted molar refractivity (Wildman–Crippen MR) is 179 cm³/mol. The molecule has 0 aliphatic carbocycles. The average Bonchev–Trinajstić information content (AvgIpc) is 3.04. The van der Waals surface area contributed by atoms with Gasteiger partial charge in [0.25, 0.3) is 0 Å². The molecule has 0 aliphatic rings. The van der Waals surface area contributed by atoms with Crippen molar-refractivity contribution < 1.29 is 9.28 Å². The Morgan fingerprint density at radius 1 is 0.634 bits per heavy atom. The van der Waals surface area contributed by atoms with Gasteiger partial charge in [-0.1, -0.05) is 128 Å². The van der Waals surface area contributed by atoms with Crippen molar-refractivity contribution in [3.05, 3.63) is 133 Å². The van der Waals surface area contributed by atoms with Crippen molar-refractivity contribution in [3.63, 3.8) is 0 Å². The quantitative estimate of drug-likeness (QED) is 0.115. The number of carbonyl (C=O) groups is 1. The van der Waals surface area contributed by atoms with Gasteiger partial charge in [0, 0.05) is 18.5 Å².